The summed E-state index contributed by atoms with van der Waals surface area (Å²) in [7, 11) is 0. The molecule has 2 heteroatoms. The molecular formula is C15H31NO. The number of aliphatic hydroxyl groups is 1. The summed E-state index contributed by atoms with van der Waals surface area (Å²) >= 11 is 0. The monoisotopic (exact) mass is 241 g/mol. The smallest absolute Gasteiger partial charge is 0.0446 e. The molecule has 0 radical (unpaired) electrons. The van der Waals surface area contributed by atoms with Crippen LogP contribution in [0.5, 0.6) is 0 Å². The normalized spacial score (nSPS) is 22.4. The van der Waals surface area contributed by atoms with E-state index in [9.17, 15) is 5.11 Å². The first kappa shape index (κ1) is 15.0. The van der Waals surface area contributed by atoms with E-state index in [-0.39, 0.29) is 12.0 Å². The molecule has 0 amide bonds. The van der Waals surface area contributed by atoms with Crippen molar-refractivity contribution in [3.8, 4) is 0 Å². The Balaban J connectivity index is 2.47. The van der Waals surface area contributed by atoms with Gasteiger partial charge in [-0.05, 0) is 37.5 Å². The number of hydrogen-bond acceptors (Lipinski definition) is 2. The third-order valence-electron chi connectivity index (χ3n) is 4.28. The van der Waals surface area contributed by atoms with E-state index < -0.39 is 0 Å². The predicted molar refractivity (Wildman–Crippen MR) is 74.1 cm³/mol. The first-order valence-electron chi connectivity index (χ1n) is 7.32. The minimum atomic E-state index is 0.228. The molecule has 0 aromatic rings. The van der Waals surface area contributed by atoms with Gasteiger partial charge >= 0.3 is 0 Å². The van der Waals surface area contributed by atoms with Gasteiger partial charge in [0.1, 0.15) is 0 Å². The van der Waals surface area contributed by atoms with Crippen LogP contribution in [0, 0.1) is 11.3 Å². The molecule has 2 nitrogen and oxygen atoms in total. The molecule has 1 rings (SSSR count). The molecule has 0 bridgehead atoms. The van der Waals surface area contributed by atoms with Crippen LogP contribution in [0.2, 0.25) is 0 Å². The topological polar surface area (TPSA) is 32.3 Å². The molecule has 0 heterocycles. The second-order valence-corrected chi connectivity index (χ2v) is 6.78. The summed E-state index contributed by atoms with van der Waals surface area (Å²) in [5, 5.41) is 13.0. The van der Waals surface area contributed by atoms with Crippen molar-refractivity contribution in [3.05, 3.63) is 0 Å². The van der Waals surface area contributed by atoms with Crippen LogP contribution >= 0.6 is 0 Å². The molecule has 1 fully saturated rings. The first-order valence-corrected chi connectivity index (χ1v) is 7.32. The van der Waals surface area contributed by atoms with E-state index in [1.807, 2.05) is 0 Å². The predicted octanol–water partition coefficient (Wildman–Crippen LogP) is 3.34. The van der Waals surface area contributed by atoms with Crippen LogP contribution < -0.4 is 5.32 Å². The summed E-state index contributed by atoms with van der Waals surface area (Å²) < 4.78 is 0. The third-order valence-corrected chi connectivity index (χ3v) is 4.28. The average Bonchev–Trinajstić information content (AvgIpc) is 2.28. The Morgan fingerprint density at radius 3 is 2.24 bits per heavy atom. The Kier molecular flexibility index (Phi) is 5.94. The molecule has 1 aliphatic rings. The molecule has 0 spiro atoms. The van der Waals surface area contributed by atoms with E-state index in [1.54, 1.807) is 0 Å². The summed E-state index contributed by atoms with van der Waals surface area (Å²) in [6.45, 7) is 9.38. The van der Waals surface area contributed by atoms with Crippen LogP contribution in [0.15, 0.2) is 0 Å². The molecule has 1 aliphatic carbocycles. The van der Waals surface area contributed by atoms with Gasteiger partial charge in [-0.3, -0.25) is 0 Å². The molecule has 1 saturated carbocycles. The van der Waals surface area contributed by atoms with E-state index in [4.69, 9.17) is 0 Å². The van der Waals surface area contributed by atoms with E-state index in [1.165, 1.54) is 32.1 Å². The maximum absolute atomic E-state index is 9.18. The van der Waals surface area contributed by atoms with Crippen molar-refractivity contribution in [2.24, 2.45) is 11.3 Å². The van der Waals surface area contributed by atoms with Crippen LogP contribution in [0.25, 0.3) is 0 Å². The van der Waals surface area contributed by atoms with Crippen molar-refractivity contribution in [2.45, 2.75) is 78.3 Å². The zero-order valence-electron chi connectivity index (χ0n) is 12.1. The Morgan fingerprint density at radius 1 is 1.18 bits per heavy atom. The molecule has 0 saturated heterocycles. The fourth-order valence-electron chi connectivity index (χ4n) is 2.98. The van der Waals surface area contributed by atoms with Crippen LogP contribution in [0.4, 0.5) is 0 Å². The molecule has 2 N–H and O–H groups in total. The van der Waals surface area contributed by atoms with Crippen molar-refractivity contribution in [1.82, 2.24) is 5.32 Å². The number of nitrogens with one attached hydrogen (secondary N) is 1. The molecule has 102 valence electrons. The highest BCUT2D eigenvalue weighted by molar-refractivity contribution is 4.85. The van der Waals surface area contributed by atoms with E-state index >= 15 is 0 Å². The molecule has 0 aliphatic heterocycles. The van der Waals surface area contributed by atoms with Crippen molar-refractivity contribution in [1.29, 1.82) is 0 Å². The molecular weight excluding hydrogens is 210 g/mol. The van der Waals surface area contributed by atoms with Gasteiger partial charge in [0.15, 0.2) is 0 Å². The molecule has 2 atom stereocenters. The van der Waals surface area contributed by atoms with Gasteiger partial charge in [-0.25, -0.2) is 0 Å². The van der Waals surface area contributed by atoms with E-state index in [0.717, 1.165) is 12.3 Å². The van der Waals surface area contributed by atoms with E-state index in [0.29, 0.717) is 12.1 Å². The van der Waals surface area contributed by atoms with Gasteiger partial charge in [0.25, 0.3) is 0 Å². The minimum absolute atomic E-state index is 0.228. The second kappa shape index (κ2) is 6.75. The molecule has 2 unspecified atom stereocenters. The maximum Gasteiger partial charge on any atom is 0.0446 e. The lowest BCUT2D eigenvalue weighted by molar-refractivity contribution is 0.164. The Morgan fingerprint density at radius 2 is 1.76 bits per heavy atom. The minimum Gasteiger partial charge on any atom is -0.396 e. The van der Waals surface area contributed by atoms with Crippen LogP contribution in [0.1, 0.15) is 66.2 Å². The first-order chi connectivity index (χ1) is 7.95. The van der Waals surface area contributed by atoms with Gasteiger partial charge in [0.05, 0.1) is 0 Å². The number of hydrogen-bond donors (Lipinski definition) is 2. The third kappa shape index (κ3) is 4.97. The van der Waals surface area contributed by atoms with E-state index in [2.05, 4.69) is 33.0 Å². The lowest BCUT2D eigenvalue weighted by atomic mass is 9.81. The van der Waals surface area contributed by atoms with Crippen molar-refractivity contribution >= 4 is 0 Å². The highest BCUT2D eigenvalue weighted by Crippen LogP contribution is 2.29. The zero-order valence-corrected chi connectivity index (χ0v) is 12.1. The number of rotatable bonds is 5. The lowest BCUT2D eigenvalue weighted by Gasteiger charge is -2.37. The quantitative estimate of drug-likeness (QED) is 0.773. The van der Waals surface area contributed by atoms with Gasteiger partial charge in [0.2, 0.25) is 0 Å². The standard InChI is InChI=1S/C15H31NO/c1-12(13-8-6-5-7-9-13)16-14(10-11-17)15(2,3)4/h12-14,16-17H,5-11H2,1-4H3. The Hall–Kier alpha value is -0.0800. The Labute approximate surface area is 107 Å². The van der Waals surface area contributed by atoms with Gasteiger partial charge < -0.3 is 10.4 Å². The highest BCUT2D eigenvalue weighted by Gasteiger charge is 2.28. The summed E-state index contributed by atoms with van der Waals surface area (Å²) in [4.78, 5) is 0. The summed E-state index contributed by atoms with van der Waals surface area (Å²) in [6.07, 6.45) is 7.84. The van der Waals surface area contributed by atoms with Gasteiger partial charge in [0, 0.05) is 18.7 Å². The molecule has 0 aromatic carbocycles. The average molecular weight is 241 g/mol. The fraction of sp³-hybridized carbons (Fsp3) is 1.00. The largest absolute Gasteiger partial charge is 0.396 e. The summed E-state index contributed by atoms with van der Waals surface area (Å²) in [5.74, 6) is 0.840. The number of aliphatic hydroxyl groups excluding tert-OH is 1. The van der Waals surface area contributed by atoms with Crippen molar-refractivity contribution in [3.63, 3.8) is 0 Å². The van der Waals surface area contributed by atoms with Crippen LogP contribution in [0.3, 0.4) is 0 Å². The molecule has 17 heavy (non-hydrogen) atoms. The lowest BCUT2D eigenvalue weighted by Crippen LogP contribution is -2.48. The summed E-state index contributed by atoms with van der Waals surface area (Å²) in [5.41, 5.74) is 0.228. The van der Waals surface area contributed by atoms with Crippen molar-refractivity contribution in [2.75, 3.05) is 6.61 Å². The van der Waals surface area contributed by atoms with Gasteiger partial charge in [-0.15, -0.1) is 0 Å². The van der Waals surface area contributed by atoms with Crippen LogP contribution in [-0.2, 0) is 0 Å². The van der Waals surface area contributed by atoms with Crippen molar-refractivity contribution < 1.29 is 5.11 Å². The highest BCUT2D eigenvalue weighted by atomic mass is 16.3. The van der Waals surface area contributed by atoms with Gasteiger partial charge in [-0.1, -0.05) is 40.0 Å². The molecule has 0 aromatic heterocycles. The zero-order chi connectivity index (χ0) is 12.9. The summed E-state index contributed by atoms with van der Waals surface area (Å²) in [6, 6.07) is 1.01. The fourth-order valence-corrected chi connectivity index (χ4v) is 2.98. The van der Waals surface area contributed by atoms with Gasteiger partial charge in [-0.2, -0.15) is 0 Å². The van der Waals surface area contributed by atoms with Crippen LogP contribution in [-0.4, -0.2) is 23.8 Å². The Bertz CT molecular complexity index is 203. The maximum atomic E-state index is 9.18. The SMILES string of the molecule is CC(NC(CCO)C(C)(C)C)C1CCCCC1. The second-order valence-electron chi connectivity index (χ2n) is 6.78.